The van der Waals surface area contributed by atoms with Gasteiger partial charge in [0, 0.05) is 60.8 Å². The van der Waals surface area contributed by atoms with E-state index < -0.39 is 0 Å². The van der Waals surface area contributed by atoms with Gasteiger partial charge in [0.1, 0.15) is 17.3 Å². The Labute approximate surface area is 242 Å². The highest BCUT2D eigenvalue weighted by Gasteiger charge is 2.13. The smallest absolute Gasteiger partial charge is 0.271 e. The van der Waals surface area contributed by atoms with Gasteiger partial charge in [-0.05, 0) is 51.0 Å². The van der Waals surface area contributed by atoms with E-state index in [0.29, 0.717) is 41.6 Å². The first kappa shape index (κ1) is 35.2. The number of ether oxygens (including phenoxy) is 3. The topological polar surface area (TPSA) is 162 Å². The van der Waals surface area contributed by atoms with Gasteiger partial charge in [-0.1, -0.05) is 18.6 Å². The highest BCUT2D eigenvalue weighted by Crippen LogP contribution is 2.21. The number of nitrogen functional groups attached to an aromatic ring is 1. The van der Waals surface area contributed by atoms with Crippen LogP contribution >= 0.6 is 0 Å². The Morgan fingerprint density at radius 2 is 1.32 bits per heavy atom. The lowest BCUT2D eigenvalue weighted by Gasteiger charge is -2.13. The molecule has 11 nitrogen and oxygen atoms in total. The number of benzene rings is 2. The Hall–Kier alpha value is -3.80. The molecule has 0 unspecified atom stereocenters. The first-order valence-corrected chi connectivity index (χ1v) is 13.5. The molecule has 0 aromatic heterocycles. The summed E-state index contributed by atoms with van der Waals surface area (Å²) in [5.74, 6) is 6.35. The van der Waals surface area contributed by atoms with Crippen molar-refractivity contribution < 1.29 is 33.7 Å². The van der Waals surface area contributed by atoms with Gasteiger partial charge in [0.25, 0.3) is 11.8 Å². The third-order valence-electron chi connectivity index (χ3n) is 6.43. The van der Waals surface area contributed by atoms with Crippen LogP contribution in [-0.2, 0) is 9.53 Å². The molecule has 0 bridgehead atoms. The maximum atomic E-state index is 12.1. The molecule has 11 heteroatoms. The second-order valence-electron chi connectivity index (χ2n) is 9.07. The van der Waals surface area contributed by atoms with E-state index in [4.69, 9.17) is 25.2 Å². The van der Waals surface area contributed by atoms with Crippen molar-refractivity contribution in [2.24, 2.45) is 10.9 Å². The number of hydrazone groups is 1. The number of ketones is 1. The Kier molecular flexibility index (Phi) is 17.3. The summed E-state index contributed by atoms with van der Waals surface area (Å²) in [7, 11) is 4.15. The van der Waals surface area contributed by atoms with Crippen molar-refractivity contribution in [3.63, 3.8) is 0 Å². The number of carbonyl (C=O) groups excluding carboxylic acids is 3. The van der Waals surface area contributed by atoms with E-state index in [2.05, 4.69) is 16.0 Å². The molecule has 4 rings (SSSR count). The van der Waals surface area contributed by atoms with Gasteiger partial charge in [-0.3, -0.25) is 19.8 Å². The number of amides is 2. The van der Waals surface area contributed by atoms with E-state index in [9.17, 15) is 14.4 Å². The van der Waals surface area contributed by atoms with Crippen molar-refractivity contribution in [3.05, 3.63) is 58.7 Å². The molecule has 41 heavy (non-hydrogen) atoms. The first-order valence-electron chi connectivity index (χ1n) is 13.5. The van der Waals surface area contributed by atoms with Crippen LogP contribution in [0.15, 0.2) is 41.5 Å². The minimum atomic E-state index is -0.309. The Morgan fingerprint density at radius 3 is 1.73 bits per heavy atom. The zero-order chi connectivity index (χ0) is 30.6. The zero-order valence-corrected chi connectivity index (χ0v) is 24.7. The predicted octanol–water partition coefficient (Wildman–Crippen LogP) is 3.64. The van der Waals surface area contributed by atoms with Crippen LogP contribution in [0, 0.1) is 13.8 Å². The normalized spacial score (nSPS) is 13.9. The number of aliphatic hydroxyl groups is 1. The second-order valence-corrected chi connectivity index (χ2v) is 9.07. The van der Waals surface area contributed by atoms with E-state index in [1.165, 1.54) is 6.42 Å². The average Bonchev–Trinajstić information content (AvgIpc) is 3.02. The predicted molar refractivity (Wildman–Crippen MR) is 158 cm³/mol. The molecule has 1 aliphatic carbocycles. The van der Waals surface area contributed by atoms with Gasteiger partial charge < -0.3 is 19.3 Å². The van der Waals surface area contributed by atoms with Crippen LogP contribution in [0.4, 0.5) is 0 Å². The van der Waals surface area contributed by atoms with E-state index in [0.717, 1.165) is 62.5 Å². The van der Waals surface area contributed by atoms with Crippen LogP contribution in [0.3, 0.4) is 0 Å². The number of methoxy groups -OCH3 is 2. The van der Waals surface area contributed by atoms with Gasteiger partial charge in [-0.25, -0.2) is 11.3 Å². The molecule has 2 fully saturated rings. The lowest BCUT2D eigenvalue weighted by Crippen LogP contribution is -2.30. The molecule has 0 atom stereocenters. The fourth-order valence-electron chi connectivity index (χ4n) is 4.10. The first-order chi connectivity index (χ1) is 19.8. The standard InChI is InChI=1S/C14H18N2O3.C9H12N2O2.C6H10O.CH4O/c1-10-12(4-3-5-13(10)18-2)14(17)16-15-11-6-8-19-9-7-11;1-6-7(9(12)11-10)4-3-5-8(6)13-2;7-6-4-2-1-3-5-6;1-2/h3-5H,6-9H2,1-2H3,(H,16,17);3-5H,10H2,1-2H3,(H,11,12);1-5H2;2H,1H3. The Balaban J connectivity index is 0.000000329. The molecule has 226 valence electrons. The molecule has 2 aliphatic rings. The molecule has 1 saturated carbocycles. The van der Waals surface area contributed by atoms with Crippen LogP contribution in [0.1, 0.15) is 76.8 Å². The van der Waals surface area contributed by atoms with Crippen LogP contribution < -0.4 is 26.2 Å². The molecule has 1 aliphatic heterocycles. The number of rotatable bonds is 5. The maximum absolute atomic E-state index is 12.1. The molecule has 5 N–H and O–H groups in total. The molecule has 1 heterocycles. The Bertz CT molecular complexity index is 1140. The highest BCUT2D eigenvalue weighted by atomic mass is 16.5. The van der Waals surface area contributed by atoms with Gasteiger partial charge in [-0.15, -0.1) is 0 Å². The minimum absolute atomic E-state index is 0.213. The molecule has 2 amide bonds. The fraction of sp³-hybridized carbons (Fsp3) is 0.467. The van der Waals surface area contributed by atoms with E-state index in [1.54, 1.807) is 44.6 Å². The largest absolute Gasteiger partial charge is 0.496 e. The quantitative estimate of drug-likeness (QED) is 0.240. The highest BCUT2D eigenvalue weighted by molar-refractivity contribution is 5.97. The second kappa shape index (κ2) is 20.1. The lowest BCUT2D eigenvalue weighted by atomic mass is 10.00. The average molecular weight is 573 g/mol. The summed E-state index contributed by atoms with van der Waals surface area (Å²) in [6, 6.07) is 10.6. The van der Waals surface area contributed by atoms with E-state index in [-0.39, 0.29) is 11.8 Å². The van der Waals surface area contributed by atoms with Crippen molar-refractivity contribution in [2.45, 2.75) is 58.8 Å². The number of carbonyl (C=O) groups is 3. The molecule has 2 aromatic rings. The zero-order valence-electron chi connectivity index (χ0n) is 24.7. The SMILES string of the molecule is CO.COc1cccc(C(=O)NN)c1C.COc1cccc(C(=O)NN=C2CCOCC2)c1C.O=C1CCCCC1. The van der Waals surface area contributed by atoms with Crippen molar-refractivity contribution in [3.8, 4) is 11.5 Å². The molecular weight excluding hydrogens is 528 g/mol. The van der Waals surface area contributed by atoms with E-state index in [1.807, 2.05) is 19.9 Å². The van der Waals surface area contributed by atoms with Crippen LogP contribution in [0.5, 0.6) is 11.5 Å². The lowest BCUT2D eigenvalue weighted by molar-refractivity contribution is -0.120. The van der Waals surface area contributed by atoms with Crippen LogP contribution in [0.2, 0.25) is 0 Å². The number of Topliss-reactive ketones (excluding diaryl/α,β-unsaturated/α-hetero) is 1. The summed E-state index contributed by atoms with van der Waals surface area (Å²) in [4.78, 5) is 33.7. The van der Waals surface area contributed by atoms with Crippen molar-refractivity contribution in [2.75, 3.05) is 34.5 Å². The van der Waals surface area contributed by atoms with E-state index >= 15 is 0 Å². The summed E-state index contributed by atoms with van der Waals surface area (Å²) < 4.78 is 15.5. The van der Waals surface area contributed by atoms with Crippen LogP contribution in [0.25, 0.3) is 0 Å². The Morgan fingerprint density at radius 1 is 0.829 bits per heavy atom. The van der Waals surface area contributed by atoms with Gasteiger partial charge in [0.05, 0.1) is 27.4 Å². The number of nitrogens with zero attached hydrogens (tertiary/aromatic N) is 1. The summed E-state index contributed by atoms with van der Waals surface area (Å²) in [5, 5.41) is 11.2. The molecule has 2 aromatic carbocycles. The number of aliphatic hydroxyl groups excluding tert-OH is 1. The third kappa shape index (κ3) is 12.1. The van der Waals surface area contributed by atoms with Crippen molar-refractivity contribution in [1.82, 2.24) is 10.9 Å². The number of hydrogen-bond donors (Lipinski definition) is 4. The number of hydrogen-bond acceptors (Lipinski definition) is 9. The van der Waals surface area contributed by atoms with Gasteiger partial charge in [0.15, 0.2) is 0 Å². The third-order valence-corrected chi connectivity index (χ3v) is 6.43. The monoisotopic (exact) mass is 572 g/mol. The summed E-state index contributed by atoms with van der Waals surface area (Å²) >= 11 is 0. The number of nitrogens with one attached hydrogen (secondary N) is 2. The van der Waals surface area contributed by atoms with Gasteiger partial charge in [-0.2, -0.15) is 5.10 Å². The van der Waals surface area contributed by atoms with Crippen molar-refractivity contribution in [1.29, 1.82) is 0 Å². The fourth-order valence-corrected chi connectivity index (χ4v) is 4.10. The van der Waals surface area contributed by atoms with Gasteiger partial charge >= 0.3 is 0 Å². The number of nitrogens with two attached hydrogens (primary N) is 1. The maximum Gasteiger partial charge on any atom is 0.271 e. The molecular formula is C30H44N4O7. The summed E-state index contributed by atoms with van der Waals surface area (Å²) in [6.07, 6.45) is 6.79. The summed E-state index contributed by atoms with van der Waals surface area (Å²) in [5.41, 5.74) is 8.36. The minimum Gasteiger partial charge on any atom is -0.496 e. The number of hydrazine groups is 1. The van der Waals surface area contributed by atoms with Crippen molar-refractivity contribution >= 4 is 23.3 Å². The molecule has 1 saturated heterocycles. The van der Waals surface area contributed by atoms with Gasteiger partial charge in [0.2, 0.25) is 0 Å². The molecule has 0 spiro atoms. The molecule has 0 radical (unpaired) electrons. The summed E-state index contributed by atoms with van der Waals surface area (Å²) in [6.45, 7) is 5.01. The van der Waals surface area contributed by atoms with Crippen LogP contribution in [-0.4, -0.2) is 63.0 Å².